The molecule has 1 N–H and O–H groups in total. The van der Waals surface area contributed by atoms with Crippen LogP contribution < -0.4 is 5.32 Å². The predicted molar refractivity (Wildman–Crippen MR) is 81.8 cm³/mol. The van der Waals surface area contributed by atoms with Crippen molar-refractivity contribution in [3.63, 3.8) is 0 Å². The van der Waals surface area contributed by atoms with Gasteiger partial charge in [0.05, 0.1) is 17.5 Å². The first-order chi connectivity index (χ1) is 9.23. The maximum absolute atomic E-state index is 9.68. The molecular formula is C16H17BrN2. The minimum atomic E-state index is -0.317. The summed E-state index contributed by atoms with van der Waals surface area (Å²) in [7, 11) is 0. The van der Waals surface area contributed by atoms with Gasteiger partial charge < -0.3 is 5.32 Å². The summed E-state index contributed by atoms with van der Waals surface area (Å²) >= 11 is 3.56. The van der Waals surface area contributed by atoms with Gasteiger partial charge in [-0.1, -0.05) is 65.4 Å². The van der Waals surface area contributed by atoms with Gasteiger partial charge in [-0.05, 0) is 24.6 Å². The van der Waals surface area contributed by atoms with Crippen LogP contribution >= 0.6 is 15.9 Å². The number of rotatable bonds is 4. The molecule has 0 radical (unpaired) electrons. The maximum atomic E-state index is 9.68. The molecule has 0 aromatic heterocycles. The third-order valence-electron chi connectivity index (χ3n) is 3.46. The van der Waals surface area contributed by atoms with Gasteiger partial charge in [-0.25, -0.2) is 0 Å². The van der Waals surface area contributed by atoms with Crippen molar-refractivity contribution in [2.24, 2.45) is 0 Å². The largest absolute Gasteiger partial charge is 0.307 e. The van der Waals surface area contributed by atoms with Crippen LogP contribution in [-0.2, 0) is 0 Å². The zero-order valence-corrected chi connectivity index (χ0v) is 12.5. The second kappa shape index (κ2) is 6.18. The van der Waals surface area contributed by atoms with Crippen LogP contribution in [0.1, 0.15) is 24.8 Å². The van der Waals surface area contributed by atoms with E-state index in [-0.39, 0.29) is 11.5 Å². The molecule has 2 unspecified atom stereocenters. The Labute approximate surface area is 123 Å². The van der Waals surface area contributed by atoms with Crippen LogP contribution in [0.15, 0.2) is 53.0 Å². The van der Waals surface area contributed by atoms with Crippen LogP contribution in [0.2, 0.25) is 0 Å². The lowest BCUT2D eigenvalue weighted by molar-refractivity contribution is 0.379. The molecule has 1 aliphatic carbocycles. The van der Waals surface area contributed by atoms with E-state index in [1.165, 1.54) is 0 Å². The van der Waals surface area contributed by atoms with Crippen LogP contribution in [-0.4, -0.2) is 12.1 Å². The van der Waals surface area contributed by atoms with E-state index in [4.69, 9.17) is 0 Å². The van der Waals surface area contributed by atoms with Crippen molar-refractivity contribution in [1.82, 2.24) is 5.32 Å². The van der Waals surface area contributed by atoms with Crippen molar-refractivity contribution in [3.05, 3.63) is 58.6 Å². The molecule has 2 atom stereocenters. The number of hydrogen-bond acceptors (Lipinski definition) is 2. The Morgan fingerprint density at radius 2 is 2.21 bits per heavy atom. The van der Waals surface area contributed by atoms with Crippen molar-refractivity contribution in [1.29, 1.82) is 5.26 Å². The molecule has 1 aliphatic rings. The number of hydrogen-bond donors (Lipinski definition) is 1. The summed E-state index contributed by atoms with van der Waals surface area (Å²) in [4.78, 5) is 0. The van der Waals surface area contributed by atoms with Crippen LogP contribution in [0.4, 0.5) is 0 Å². The molecule has 0 saturated heterocycles. The quantitative estimate of drug-likeness (QED) is 0.913. The monoisotopic (exact) mass is 316 g/mol. The van der Waals surface area contributed by atoms with Crippen molar-refractivity contribution < 1.29 is 0 Å². The van der Waals surface area contributed by atoms with E-state index in [1.54, 1.807) is 0 Å². The van der Waals surface area contributed by atoms with Crippen molar-refractivity contribution >= 4 is 15.9 Å². The van der Waals surface area contributed by atoms with E-state index < -0.39 is 0 Å². The molecule has 0 amide bonds. The Morgan fingerprint density at radius 1 is 1.42 bits per heavy atom. The van der Waals surface area contributed by atoms with Gasteiger partial charge in [0.15, 0.2) is 0 Å². The highest BCUT2D eigenvalue weighted by Gasteiger charge is 2.37. The first kappa shape index (κ1) is 14.0. The molecule has 1 aromatic rings. The van der Waals surface area contributed by atoms with Crippen molar-refractivity contribution in [2.75, 3.05) is 6.54 Å². The molecule has 0 fully saturated rings. The average molecular weight is 317 g/mol. The number of likely N-dealkylation sites (N-methyl/N-ethyl adjacent to an activating group) is 1. The fourth-order valence-electron chi connectivity index (χ4n) is 2.58. The molecule has 1 aromatic carbocycles. The molecule has 19 heavy (non-hydrogen) atoms. The summed E-state index contributed by atoms with van der Waals surface area (Å²) < 4.78 is 0.988. The van der Waals surface area contributed by atoms with Crippen molar-refractivity contribution in [3.8, 4) is 6.07 Å². The van der Waals surface area contributed by atoms with Crippen LogP contribution in [0.5, 0.6) is 0 Å². The fourth-order valence-corrected chi connectivity index (χ4v) is 3.10. The van der Waals surface area contributed by atoms with Crippen LogP contribution in [0, 0.1) is 11.3 Å². The predicted octanol–water partition coefficient (Wildman–Crippen LogP) is 3.92. The summed E-state index contributed by atoms with van der Waals surface area (Å²) in [5, 5.41) is 13.2. The van der Waals surface area contributed by atoms with Crippen LogP contribution in [0.3, 0.4) is 0 Å². The SMILES string of the molecule is CCNC1(C(C#N)c2ccccc2Br)C=CC=CC1. The minimum Gasteiger partial charge on any atom is -0.307 e. The summed E-state index contributed by atoms with van der Waals surface area (Å²) in [5.41, 5.74) is 0.716. The normalized spacial score (nSPS) is 23.0. The van der Waals surface area contributed by atoms with Crippen molar-refractivity contribution in [2.45, 2.75) is 24.8 Å². The Morgan fingerprint density at radius 3 is 2.79 bits per heavy atom. The second-order valence-corrected chi connectivity index (χ2v) is 5.50. The van der Waals surface area contributed by atoms with Gasteiger partial charge in [0.2, 0.25) is 0 Å². The van der Waals surface area contributed by atoms with Gasteiger partial charge in [0.25, 0.3) is 0 Å². The standard InChI is InChI=1S/C16H17BrN2/c1-2-19-16(10-6-3-7-11-16)14(12-18)13-8-4-5-9-15(13)17/h3-10,14,19H,2,11H2,1H3. The second-order valence-electron chi connectivity index (χ2n) is 4.65. The number of nitrogens with zero attached hydrogens (tertiary/aromatic N) is 1. The van der Waals surface area contributed by atoms with Gasteiger partial charge in [-0.3, -0.25) is 0 Å². The Balaban J connectivity index is 2.45. The molecule has 98 valence electrons. The average Bonchev–Trinajstić information content (AvgIpc) is 2.43. The lowest BCUT2D eigenvalue weighted by atomic mass is 9.76. The fraction of sp³-hybridized carbons (Fsp3) is 0.312. The third kappa shape index (κ3) is 2.80. The summed E-state index contributed by atoms with van der Waals surface area (Å²) in [6.07, 6.45) is 9.11. The van der Waals surface area contributed by atoms with Crippen LogP contribution in [0.25, 0.3) is 0 Å². The van der Waals surface area contributed by atoms with E-state index in [1.807, 2.05) is 36.4 Å². The molecule has 3 heteroatoms. The molecule has 2 rings (SSSR count). The zero-order valence-electron chi connectivity index (χ0n) is 10.9. The highest BCUT2D eigenvalue weighted by Crippen LogP contribution is 2.37. The zero-order chi connectivity index (χ0) is 13.7. The highest BCUT2D eigenvalue weighted by molar-refractivity contribution is 9.10. The lowest BCUT2D eigenvalue weighted by Crippen LogP contribution is -2.48. The smallest absolute Gasteiger partial charge is 0.0944 e. The maximum Gasteiger partial charge on any atom is 0.0944 e. The Hall–Kier alpha value is -1.37. The molecule has 0 heterocycles. The van der Waals surface area contributed by atoms with Gasteiger partial charge in [-0.15, -0.1) is 0 Å². The molecular weight excluding hydrogens is 300 g/mol. The first-order valence-electron chi connectivity index (χ1n) is 6.47. The van der Waals surface area contributed by atoms with E-state index in [2.05, 4.69) is 46.4 Å². The lowest BCUT2D eigenvalue weighted by Gasteiger charge is -2.37. The molecule has 0 saturated carbocycles. The summed E-state index contributed by atoms with van der Waals surface area (Å²) in [6, 6.07) is 10.4. The minimum absolute atomic E-state index is 0.218. The Bertz CT molecular complexity index is 542. The Kier molecular flexibility index (Phi) is 4.57. The molecule has 0 aliphatic heterocycles. The number of nitrogens with one attached hydrogen (secondary N) is 1. The van der Waals surface area contributed by atoms with Gasteiger partial charge in [0.1, 0.15) is 0 Å². The van der Waals surface area contributed by atoms with E-state index in [0.717, 1.165) is 23.0 Å². The number of allylic oxidation sites excluding steroid dienone is 2. The van der Waals surface area contributed by atoms with E-state index in [9.17, 15) is 5.26 Å². The van der Waals surface area contributed by atoms with Gasteiger partial charge in [-0.2, -0.15) is 5.26 Å². The summed E-state index contributed by atoms with van der Waals surface area (Å²) in [5.74, 6) is -0.218. The number of benzene rings is 1. The number of halogens is 1. The number of nitriles is 1. The van der Waals surface area contributed by atoms with Gasteiger partial charge in [0, 0.05) is 4.47 Å². The summed E-state index contributed by atoms with van der Waals surface area (Å²) in [6.45, 7) is 2.91. The topological polar surface area (TPSA) is 35.8 Å². The first-order valence-corrected chi connectivity index (χ1v) is 7.26. The third-order valence-corrected chi connectivity index (χ3v) is 4.18. The highest BCUT2D eigenvalue weighted by atomic mass is 79.9. The van der Waals surface area contributed by atoms with E-state index >= 15 is 0 Å². The molecule has 0 spiro atoms. The molecule has 2 nitrogen and oxygen atoms in total. The van der Waals surface area contributed by atoms with Gasteiger partial charge >= 0.3 is 0 Å². The van der Waals surface area contributed by atoms with E-state index in [0.29, 0.717) is 0 Å². The molecule has 0 bridgehead atoms.